The molecule has 0 radical (unpaired) electrons. The van der Waals surface area contributed by atoms with Crippen LogP contribution in [-0.2, 0) is 6.42 Å². The van der Waals surface area contributed by atoms with Crippen molar-refractivity contribution in [2.75, 3.05) is 20.3 Å². The van der Waals surface area contributed by atoms with E-state index >= 15 is 0 Å². The molecule has 0 bridgehead atoms. The van der Waals surface area contributed by atoms with Crippen molar-refractivity contribution in [3.63, 3.8) is 0 Å². The van der Waals surface area contributed by atoms with Gasteiger partial charge >= 0.3 is 0 Å². The van der Waals surface area contributed by atoms with E-state index in [1.54, 1.807) is 7.11 Å². The molecule has 0 aliphatic rings. The van der Waals surface area contributed by atoms with Crippen LogP contribution in [0.1, 0.15) is 18.9 Å². The molecule has 0 heterocycles. The molecule has 0 unspecified atom stereocenters. The molecule has 90 valence electrons. The maximum atomic E-state index is 5.63. The third-order valence-corrected chi connectivity index (χ3v) is 2.83. The lowest BCUT2D eigenvalue weighted by molar-refractivity contribution is 0.314. The van der Waals surface area contributed by atoms with Crippen molar-refractivity contribution in [3.05, 3.63) is 22.2 Å². The fourth-order valence-electron chi connectivity index (χ4n) is 1.44. The topological polar surface area (TPSA) is 44.5 Å². The third kappa shape index (κ3) is 3.39. The van der Waals surface area contributed by atoms with Crippen LogP contribution >= 0.6 is 15.9 Å². The Morgan fingerprint density at radius 1 is 1.31 bits per heavy atom. The number of methoxy groups -OCH3 is 1. The zero-order chi connectivity index (χ0) is 12.0. The standard InChI is InChI=1S/C12H18BrNO2/c1-3-6-16-12-7-9(4-5-14)11(15-2)8-10(12)13/h7-8H,3-6,14H2,1-2H3. The SMILES string of the molecule is CCCOc1cc(CCN)c(OC)cc1Br. The van der Waals surface area contributed by atoms with Crippen LogP contribution in [0.4, 0.5) is 0 Å². The number of benzene rings is 1. The van der Waals surface area contributed by atoms with Gasteiger partial charge in [-0.15, -0.1) is 0 Å². The Hall–Kier alpha value is -0.740. The van der Waals surface area contributed by atoms with Gasteiger partial charge in [-0.25, -0.2) is 0 Å². The average Bonchev–Trinajstić information content (AvgIpc) is 2.29. The van der Waals surface area contributed by atoms with Crippen molar-refractivity contribution in [2.45, 2.75) is 19.8 Å². The van der Waals surface area contributed by atoms with Crippen LogP contribution in [0, 0.1) is 0 Å². The molecule has 0 spiro atoms. The molecule has 0 aliphatic heterocycles. The predicted octanol–water partition coefficient (Wildman–Crippen LogP) is 2.75. The van der Waals surface area contributed by atoms with Gasteiger partial charge in [0.25, 0.3) is 0 Å². The minimum atomic E-state index is 0.602. The minimum absolute atomic E-state index is 0.602. The van der Waals surface area contributed by atoms with Gasteiger partial charge in [0.1, 0.15) is 11.5 Å². The molecule has 0 amide bonds. The summed E-state index contributed by atoms with van der Waals surface area (Å²) in [6.07, 6.45) is 1.78. The molecule has 1 aromatic carbocycles. The second kappa shape index (κ2) is 6.76. The molecule has 0 atom stereocenters. The minimum Gasteiger partial charge on any atom is -0.496 e. The molecule has 0 aromatic heterocycles. The first-order valence-corrected chi connectivity index (χ1v) is 6.21. The lowest BCUT2D eigenvalue weighted by Gasteiger charge is -2.13. The summed E-state index contributed by atoms with van der Waals surface area (Å²) in [5.41, 5.74) is 6.65. The molecule has 1 aromatic rings. The van der Waals surface area contributed by atoms with Gasteiger partial charge in [0, 0.05) is 0 Å². The quantitative estimate of drug-likeness (QED) is 0.875. The highest BCUT2D eigenvalue weighted by atomic mass is 79.9. The second-order valence-corrected chi connectivity index (χ2v) is 4.34. The molecule has 1 rings (SSSR count). The molecule has 2 N–H and O–H groups in total. The van der Waals surface area contributed by atoms with Gasteiger partial charge in [0.2, 0.25) is 0 Å². The zero-order valence-corrected chi connectivity index (χ0v) is 11.3. The van der Waals surface area contributed by atoms with E-state index in [0.717, 1.165) is 34.4 Å². The lowest BCUT2D eigenvalue weighted by atomic mass is 10.1. The van der Waals surface area contributed by atoms with E-state index in [0.29, 0.717) is 13.2 Å². The third-order valence-electron chi connectivity index (χ3n) is 2.21. The second-order valence-electron chi connectivity index (χ2n) is 3.48. The summed E-state index contributed by atoms with van der Waals surface area (Å²) in [6.45, 7) is 3.40. The molecular formula is C12H18BrNO2. The fraction of sp³-hybridized carbons (Fsp3) is 0.500. The largest absolute Gasteiger partial charge is 0.496 e. The molecule has 4 heteroatoms. The van der Waals surface area contributed by atoms with Gasteiger partial charge in [0.15, 0.2) is 0 Å². The van der Waals surface area contributed by atoms with Crippen molar-refractivity contribution in [2.24, 2.45) is 5.73 Å². The number of ether oxygens (including phenoxy) is 2. The maximum absolute atomic E-state index is 5.63. The molecule has 16 heavy (non-hydrogen) atoms. The van der Waals surface area contributed by atoms with Gasteiger partial charge in [-0.05, 0) is 53.0 Å². The van der Waals surface area contributed by atoms with Crippen LogP contribution in [0.2, 0.25) is 0 Å². The fourth-order valence-corrected chi connectivity index (χ4v) is 1.88. The van der Waals surface area contributed by atoms with Gasteiger partial charge in [-0.3, -0.25) is 0 Å². The van der Waals surface area contributed by atoms with E-state index < -0.39 is 0 Å². The monoisotopic (exact) mass is 287 g/mol. The van der Waals surface area contributed by atoms with Crippen molar-refractivity contribution >= 4 is 15.9 Å². The Kier molecular flexibility index (Phi) is 5.63. The lowest BCUT2D eigenvalue weighted by Crippen LogP contribution is -2.05. The molecule has 0 saturated carbocycles. The van der Waals surface area contributed by atoms with Crippen LogP contribution in [0.25, 0.3) is 0 Å². The molecule has 0 fully saturated rings. The highest BCUT2D eigenvalue weighted by Gasteiger charge is 2.09. The summed E-state index contributed by atoms with van der Waals surface area (Å²) in [5, 5.41) is 0. The molecule has 0 aliphatic carbocycles. The zero-order valence-electron chi connectivity index (χ0n) is 9.75. The predicted molar refractivity (Wildman–Crippen MR) is 69.2 cm³/mol. The highest BCUT2D eigenvalue weighted by Crippen LogP contribution is 2.33. The van der Waals surface area contributed by atoms with Crippen LogP contribution in [0.15, 0.2) is 16.6 Å². The Balaban J connectivity index is 2.96. The summed E-state index contributed by atoms with van der Waals surface area (Å²) >= 11 is 3.47. The smallest absolute Gasteiger partial charge is 0.134 e. The van der Waals surface area contributed by atoms with Crippen LogP contribution in [-0.4, -0.2) is 20.3 Å². The molecule has 3 nitrogen and oxygen atoms in total. The van der Waals surface area contributed by atoms with E-state index in [4.69, 9.17) is 15.2 Å². The van der Waals surface area contributed by atoms with E-state index in [2.05, 4.69) is 22.9 Å². The van der Waals surface area contributed by atoms with E-state index in [1.165, 1.54) is 0 Å². The number of halogens is 1. The van der Waals surface area contributed by atoms with Gasteiger partial charge in [0.05, 0.1) is 18.2 Å². The van der Waals surface area contributed by atoms with Crippen molar-refractivity contribution in [1.29, 1.82) is 0 Å². The Bertz CT molecular complexity index is 342. The molecular weight excluding hydrogens is 270 g/mol. The Morgan fingerprint density at radius 2 is 2.06 bits per heavy atom. The van der Waals surface area contributed by atoms with Gasteiger partial charge in [-0.1, -0.05) is 6.92 Å². The summed E-state index contributed by atoms with van der Waals surface area (Å²) in [7, 11) is 1.66. The number of nitrogens with two attached hydrogens (primary N) is 1. The Labute approximate surface area is 105 Å². The number of rotatable bonds is 6. The van der Waals surface area contributed by atoms with Crippen molar-refractivity contribution in [1.82, 2.24) is 0 Å². The highest BCUT2D eigenvalue weighted by molar-refractivity contribution is 9.10. The summed E-state index contributed by atoms with van der Waals surface area (Å²) < 4.78 is 11.8. The number of hydrogen-bond donors (Lipinski definition) is 1. The van der Waals surface area contributed by atoms with Gasteiger partial charge in [-0.2, -0.15) is 0 Å². The first-order valence-electron chi connectivity index (χ1n) is 5.42. The summed E-state index contributed by atoms with van der Waals surface area (Å²) in [5.74, 6) is 1.70. The first-order chi connectivity index (χ1) is 7.72. The van der Waals surface area contributed by atoms with Crippen LogP contribution in [0.3, 0.4) is 0 Å². The maximum Gasteiger partial charge on any atom is 0.134 e. The van der Waals surface area contributed by atoms with Crippen LogP contribution < -0.4 is 15.2 Å². The first kappa shape index (κ1) is 13.3. The van der Waals surface area contributed by atoms with Crippen molar-refractivity contribution in [3.8, 4) is 11.5 Å². The van der Waals surface area contributed by atoms with Crippen molar-refractivity contribution < 1.29 is 9.47 Å². The molecule has 0 saturated heterocycles. The summed E-state index contributed by atoms with van der Waals surface area (Å²) in [6, 6.07) is 3.92. The Morgan fingerprint density at radius 3 is 2.62 bits per heavy atom. The average molecular weight is 288 g/mol. The van der Waals surface area contributed by atoms with E-state index in [9.17, 15) is 0 Å². The normalized spacial score (nSPS) is 10.2. The van der Waals surface area contributed by atoms with Gasteiger partial charge < -0.3 is 15.2 Å². The van der Waals surface area contributed by atoms with Crippen LogP contribution in [0.5, 0.6) is 11.5 Å². The number of hydrogen-bond acceptors (Lipinski definition) is 3. The summed E-state index contributed by atoms with van der Waals surface area (Å²) in [4.78, 5) is 0. The van der Waals surface area contributed by atoms with E-state index in [-0.39, 0.29) is 0 Å². The van der Waals surface area contributed by atoms with E-state index in [1.807, 2.05) is 12.1 Å².